The average molecular weight is 380 g/mol. The van der Waals surface area contributed by atoms with Gasteiger partial charge in [-0.25, -0.2) is 4.98 Å². The molecular formula is C18H19Cl2N3O2. The fraction of sp³-hybridized carbons (Fsp3) is 0.333. The molecule has 1 unspecified atom stereocenters. The lowest BCUT2D eigenvalue weighted by Crippen LogP contribution is -2.52. The molecule has 2 aromatic rings. The fourth-order valence-corrected chi connectivity index (χ4v) is 3.11. The Labute approximate surface area is 157 Å². The summed E-state index contributed by atoms with van der Waals surface area (Å²) < 4.78 is 5.72. The summed E-state index contributed by atoms with van der Waals surface area (Å²) in [7, 11) is 0. The first kappa shape index (κ1) is 17.8. The molecular weight excluding hydrogens is 361 g/mol. The van der Waals surface area contributed by atoms with Crippen LogP contribution < -0.4 is 9.64 Å². The molecule has 1 aliphatic heterocycles. The molecule has 1 aromatic carbocycles. The number of pyridine rings is 1. The van der Waals surface area contributed by atoms with Crippen molar-refractivity contribution in [2.24, 2.45) is 0 Å². The number of piperazine rings is 1. The van der Waals surface area contributed by atoms with E-state index in [0.29, 0.717) is 28.9 Å². The van der Waals surface area contributed by atoms with Crippen molar-refractivity contribution < 1.29 is 9.53 Å². The number of carbonyl (C=O) groups is 1. The summed E-state index contributed by atoms with van der Waals surface area (Å²) in [6, 6.07) is 11.0. The molecule has 0 aliphatic carbocycles. The summed E-state index contributed by atoms with van der Waals surface area (Å²) in [5, 5.41) is 0.728. The van der Waals surface area contributed by atoms with Gasteiger partial charge in [-0.1, -0.05) is 35.3 Å². The van der Waals surface area contributed by atoms with Gasteiger partial charge in [0, 0.05) is 32.4 Å². The summed E-state index contributed by atoms with van der Waals surface area (Å²) in [6.45, 7) is 4.48. The topological polar surface area (TPSA) is 45.7 Å². The Morgan fingerprint density at radius 1 is 1.12 bits per heavy atom. The van der Waals surface area contributed by atoms with E-state index in [1.807, 2.05) is 23.1 Å². The smallest absolute Gasteiger partial charge is 0.263 e. The molecule has 0 spiro atoms. The van der Waals surface area contributed by atoms with E-state index in [2.05, 4.69) is 9.88 Å². The Balaban J connectivity index is 1.58. The van der Waals surface area contributed by atoms with Crippen LogP contribution in [0.2, 0.25) is 10.0 Å². The van der Waals surface area contributed by atoms with Crippen molar-refractivity contribution in [1.82, 2.24) is 9.88 Å². The second kappa shape index (κ2) is 7.93. The van der Waals surface area contributed by atoms with E-state index in [4.69, 9.17) is 27.9 Å². The van der Waals surface area contributed by atoms with Gasteiger partial charge in [-0.3, -0.25) is 4.79 Å². The maximum Gasteiger partial charge on any atom is 0.263 e. The van der Waals surface area contributed by atoms with Crippen LogP contribution in [0.25, 0.3) is 0 Å². The van der Waals surface area contributed by atoms with E-state index in [0.717, 1.165) is 18.9 Å². The highest BCUT2D eigenvalue weighted by Crippen LogP contribution is 2.32. The number of rotatable bonds is 4. The van der Waals surface area contributed by atoms with Crippen molar-refractivity contribution in [2.45, 2.75) is 13.0 Å². The van der Waals surface area contributed by atoms with E-state index in [1.54, 1.807) is 31.3 Å². The quantitative estimate of drug-likeness (QED) is 0.815. The van der Waals surface area contributed by atoms with Crippen LogP contribution in [0.4, 0.5) is 5.82 Å². The molecule has 0 saturated carbocycles. The van der Waals surface area contributed by atoms with Crippen molar-refractivity contribution >= 4 is 34.9 Å². The Kier molecular flexibility index (Phi) is 5.66. The van der Waals surface area contributed by atoms with Crippen LogP contribution in [0.3, 0.4) is 0 Å². The van der Waals surface area contributed by atoms with Gasteiger partial charge in [0.2, 0.25) is 0 Å². The first-order chi connectivity index (χ1) is 12.1. The van der Waals surface area contributed by atoms with Crippen LogP contribution in [0.1, 0.15) is 6.92 Å². The van der Waals surface area contributed by atoms with Crippen molar-refractivity contribution in [1.29, 1.82) is 0 Å². The third-order valence-corrected chi connectivity index (χ3v) is 4.93. The number of aromatic nitrogens is 1. The minimum atomic E-state index is -0.627. The highest BCUT2D eigenvalue weighted by Gasteiger charge is 2.27. The van der Waals surface area contributed by atoms with E-state index in [-0.39, 0.29) is 5.91 Å². The van der Waals surface area contributed by atoms with Crippen molar-refractivity contribution in [3.05, 3.63) is 52.6 Å². The Bertz CT molecular complexity index is 734. The fourth-order valence-electron chi connectivity index (χ4n) is 2.77. The summed E-state index contributed by atoms with van der Waals surface area (Å²) >= 11 is 12.1. The monoisotopic (exact) mass is 379 g/mol. The van der Waals surface area contributed by atoms with Crippen LogP contribution in [-0.2, 0) is 4.79 Å². The maximum atomic E-state index is 12.6. The zero-order chi connectivity index (χ0) is 17.8. The summed E-state index contributed by atoms with van der Waals surface area (Å²) in [5.74, 6) is 1.29. The highest BCUT2D eigenvalue weighted by atomic mass is 35.5. The molecule has 2 heterocycles. The number of hydrogen-bond acceptors (Lipinski definition) is 4. The van der Waals surface area contributed by atoms with E-state index in [1.165, 1.54) is 0 Å². The van der Waals surface area contributed by atoms with Gasteiger partial charge in [-0.15, -0.1) is 0 Å². The lowest BCUT2D eigenvalue weighted by Gasteiger charge is -2.36. The molecule has 5 nitrogen and oxygen atoms in total. The second-order valence-corrected chi connectivity index (χ2v) is 6.60. The molecule has 1 saturated heterocycles. The Morgan fingerprint density at radius 2 is 1.88 bits per heavy atom. The van der Waals surface area contributed by atoms with Gasteiger partial charge >= 0.3 is 0 Å². The van der Waals surface area contributed by atoms with E-state index >= 15 is 0 Å². The number of carbonyl (C=O) groups excluding carboxylic acids is 1. The molecule has 0 bridgehead atoms. The van der Waals surface area contributed by atoms with Gasteiger partial charge in [-0.2, -0.15) is 0 Å². The third kappa shape index (κ3) is 4.17. The highest BCUT2D eigenvalue weighted by molar-refractivity contribution is 6.42. The summed E-state index contributed by atoms with van der Waals surface area (Å²) in [5.41, 5.74) is 0. The van der Waals surface area contributed by atoms with Crippen LogP contribution in [0, 0.1) is 0 Å². The Hall–Kier alpha value is -1.98. The normalized spacial score (nSPS) is 15.8. The number of hydrogen-bond donors (Lipinski definition) is 0. The molecule has 1 aromatic heterocycles. The Morgan fingerprint density at radius 3 is 2.56 bits per heavy atom. The molecule has 1 fully saturated rings. The number of amides is 1. The largest absolute Gasteiger partial charge is 0.479 e. The van der Waals surface area contributed by atoms with E-state index < -0.39 is 6.10 Å². The third-order valence-electron chi connectivity index (χ3n) is 4.13. The van der Waals surface area contributed by atoms with Crippen LogP contribution in [-0.4, -0.2) is 48.1 Å². The number of nitrogens with zero attached hydrogens (tertiary/aromatic N) is 3. The van der Waals surface area contributed by atoms with Crippen LogP contribution >= 0.6 is 23.2 Å². The van der Waals surface area contributed by atoms with Gasteiger partial charge < -0.3 is 14.5 Å². The van der Waals surface area contributed by atoms with E-state index in [9.17, 15) is 4.79 Å². The molecule has 7 heteroatoms. The number of halogens is 2. The minimum Gasteiger partial charge on any atom is -0.479 e. The maximum absolute atomic E-state index is 12.6. The number of ether oxygens (including phenoxy) is 1. The predicted octanol–water partition coefficient (Wildman–Crippen LogP) is 3.50. The molecule has 1 atom stereocenters. The summed E-state index contributed by atoms with van der Waals surface area (Å²) in [6.07, 6.45) is 1.15. The van der Waals surface area contributed by atoms with Crippen molar-refractivity contribution in [2.75, 3.05) is 31.1 Å². The minimum absolute atomic E-state index is 0.0586. The SMILES string of the molecule is CC(Oc1cccc(Cl)c1Cl)C(=O)N1CCN(c2ccccn2)CC1. The second-order valence-electron chi connectivity index (χ2n) is 5.81. The summed E-state index contributed by atoms with van der Waals surface area (Å²) in [4.78, 5) is 21.0. The van der Waals surface area contributed by atoms with Crippen LogP contribution in [0.15, 0.2) is 42.6 Å². The first-order valence-electron chi connectivity index (χ1n) is 8.11. The zero-order valence-corrected chi connectivity index (χ0v) is 15.4. The van der Waals surface area contributed by atoms with Gasteiger partial charge in [-0.05, 0) is 31.2 Å². The molecule has 1 aliphatic rings. The van der Waals surface area contributed by atoms with Gasteiger partial charge in [0.05, 0.1) is 5.02 Å². The predicted molar refractivity (Wildman–Crippen MR) is 99.6 cm³/mol. The molecule has 132 valence electrons. The van der Waals surface area contributed by atoms with Gasteiger partial charge in [0.15, 0.2) is 6.10 Å². The van der Waals surface area contributed by atoms with Crippen molar-refractivity contribution in [3.8, 4) is 5.75 Å². The van der Waals surface area contributed by atoms with Crippen molar-refractivity contribution in [3.63, 3.8) is 0 Å². The molecule has 0 radical (unpaired) electrons. The molecule has 25 heavy (non-hydrogen) atoms. The van der Waals surface area contributed by atoms with Crippen LogP contribution in [0.5, 0.6) is 5.75 Å². The molecule has 0 N–H and O–H groups in total. The van der Waals surface area contributed by atoms with Gasteiger partial charge in [0.25, 0.3) is 5.91 Å². The van der Waals surface area contributed by atoms with Gasteiger partial charge in [0.1, 0.15) is 16.6 Å². The first-order valence-corrected chi connectivity index (χ1v) is 8.87. The average Bonchev–Trinajstić information content (AvgIpc) is 2.65. The zero-order valence-electron chi connectivity index (χ0n) is 13.9. The lowest BCUT2D eigenvalue weighted by molar-refractivity contribution is -0.138. The standard InChI is InChI=1S/C18H19Cl2N3O2/c1-13(25-15-6-4-5-14(19)17(15)20)18(24)23-11-9-22(10-12-23)16-7-2-3-8-21-16/h2-8,13H,9-12H2,1H3. The molecule has 1 amide bonds. The lowest BCUT2D eigenvalue weighted by atomic mass is 10.2. The number of anilines is 1. The number of benzene rings is 1. The molecule has 3 rings (SSSR count).